The van der Waals surface area contributed by atoms with Crippen LogP contribution in [0.15, 0.2) is 30.3 Å². The molecule has 0 spiro atoms. The number of carbonyl (C=O) groups is 2. The van der Waals surface area contributed by atoms with Crippen LogP contribution in [0, 0.1) is 0 Å². The van der Waals surface area contributed by atoms with Gasteiger partial charge in [-0.3, -0.25) is 14.7 Å². The first-order chi connectivity index (χ1) is 13.6. The molecule has 0 radical (unpaired) electrons. The van der Waals surface area contributed by atoms with Crippen molar-refractivity contribution in [2.45, 2.75) is 51.5 Å². The fourth-order valence-corrected chi connectivity index (χ4v) is 3.53. The maximum Gasteiger partial charge on any atom is 0.269 e. The molecule has 0 aliphatic carbocycles. The third-order valence-electron chi connectivity index (χ3n) is 5.09. The van der Waals surface area contributed by atoms with E-state index < -0.39 is 5.91 Å². The minimum absolute atomic E-state index is 0.0301. The van der Waals surface area contributed by atoms with E-state index in [0.717, 1.165) is 50.0 Å². The van der Waals surface area contributed by atoms with Crippen LogP contribution in [0.3, 0.4) is 0 Å². The van der Waals surface area contributed by atoms with Crippen molar-refractivity contribution >= 4 is 11.8 Å². The highest BCUT2D eigenvalue weighted by molar-refractivity contribution is 5.95. The van der Waals surface area contributed by atoms with Gasteiger partial charge in [-0.15, -0.1) is 0 Å². The lowest BCUT2D eigenvalue weighted by Crippen LogP contribution is -2.38. The molecule has 2 heterocycles. The summed E-state index contributed by atoms with van der Waals surface area (Å²) in [5.41, 5.74) is 6.86. The molecule has 1 aromatic carbocycles. The fraction of sp³-hybridized carbons (Fsp3) is 0.476. The number of hydrogen-bond acceptors (Lipinski definition) is 4. The predicted octanol–water partition coefficient (Wildman–Crippen LogP) is 3.45. The molecule has 28 heavy (non-hydrogen) atoms. The zero-order valence-electron chi connectivity index (χ0n) is 16.3. The van der Waals surface area contributed by atoms with Crippen molar-refractivity contribution in [2.24, 2.45) is 5.73 Å². The van der Waals surface area contributed by atoms with Crippen molar-refractivity contribution in [3.63, 3.8) is 0 Å². The number of piperidine rings is 1. The number of aromatic nitrogens is 2. The van der Waals surface area contributed by atoms with Gasteiger partial charge >= 0.3 is 0 Å². The number of likely N-dealkylation sites (tertiary alicyclic amines) is 1. The molecule has 1 aromatic heterocycles. The Morgan fingerprint density at radius 2 is 2.04 bits per heavy atom. The maximum atomic E-state index is 13.1. The SMILES string of the molecule is CCCCCOc1ccc(C(=O)N2CCCCC2c2cc(C(N)=O)n[nH]2)cc1. The molecule has 0 bridgehead atoms. The summed E-state index contributed by atoms with van der Waals surface area (Å²) in [7, 11) is 0. The highest BCUT2D eigenvalue weighted by atomic mass is 16.5. The van der Waals surface area contributed by atoms with Gasteiger partial charge in [0.2, 0.25) is 0 Å². The summed E-state index contributed by atoms with van der Waals surface area (Å²) in [4.78, 5) is 26.3. The van der Waals surface area contributed by atoms with E-state index in [1.54, 1.807) is 6.07 Å². The number of primary amides is 1. The molecule has 1 aliphatic heterocycles. The molecule has 2 aromatic rings. The van der Waals surface area contributed by atoms with Crippen LogP contribution in [0.5, 0.6) is 5.75 Å². The number of hydrogen-bond donors (Lipinski definition) is 2. The van der Waals surface area contributed by atoms with Crippen LogP contribution >= 0.6 is 0 Å². The molecule has 2 amide bonds. The number of rotatable bonds is 8. The smallest absolute Gasteiger partial charge is 0.269 e. The molecule has 1 aliphatic rings. The summed E-state index contributed by atoms with van der Waals surface area (Å²) in [6, 6.07) is 8.83. The number of amides is 2. The van der Waals surface area contributed by atoms with E-state index >= 15 is 0 Å². The van der Waals surface area contributed by atoms with Crippen LogP contribution in [-0.4, -0.2) is 40.1 Å². The van der Waals surface area contributed by atoms with Crippen LogP contribution in [0.1, 0.15) is 78.0 Å². The molecule has 3 N–H and O–H groups in total. The molecule has 0 saturated carbocycles. The number of H-pyrrole nitrogens is 1. The van der Waals surface area contributed by atoms with Crippen LogP contribution in [0.2, 0.25) is 0 Å². The molecule has 7 heteroatoms. The molecule has 3 rings (SSSR count). The minimum atomic E-state index is -0.578. The number of nitrogens with zero attached hydrogens (tertiary/aromatic N) is 2. The molecule has 1 fully saturated rings. The van der Waals surface area contributed by atoms with Crippen molar-refractivity contribution in [1.82, 2.24) is 15.1 Å². The molecular formula is C21H28N4O3. The van der Waals surface area contributed by atoms with Crippen molar-refractivity contribution in [3.8, 4) is 5.75 Å². The quantitative estimate of drug-likeness (QED) is 0.681. The Bertz CT molecular complexity index is 800. The molecule has 7 nitrogen and oxygen atoms in total. The van der Waals surface area contributed by atoms with Crippen molar-refractivity contribution in [3.05, 3.63) is 47.3 Å². The lowest BCUT2D eigenvalue weighted by Gasteiger charge is -2.35. The van der Waals surface area contributed by atoms with E-state index in [-0.39, 0.29) is 17.6 Å². The number of ether oxygens (including phenoxy) is 1. The molecular weight excluding hydrogens is 356 g/mol. The van der Waals surface area contributed by atoms with E-state index in [9.17, 15) is 9.59 Å². The Hall–Kier alpha value is -2.83. The maximum absolute atomic E-state index is 13.1. The Morgan fingerprint density at radius 1 is 1.25 bits per heavy atom. The third-order valence-corrected chi connectivity index (χ3v) is 5.09. The lowest BCUT2D eigenvalue weighted by molar-refractivity contribution is 0.0606. The monoisotopic (exact) mass is 384 g/mol. The predicted molar refractivity (Wildman–Crippen MR) is 106 cm³/mol. The first-order valence-corrected chi connectivity index (χ1v) is 9.99. The third kappa shape index (κ3) is 4.71. The van der Waals surface area contributed by atoms with E-state index in [4.69, 9.17) is 10.5 Å². The molecule has 1 atom stereocenters. The summed E-state index contributed by atoms with van der Waals surface area (Å²) in [5.74, 6) is 0.172. The summed E-state index contributed by atoms with van der Waals surface area (Å²) >= 11 is 0. The highest BCUT2D eigenvalue weighted by Crippen LogP contribution is 2.31. The van der Waals surface area contributed by atoms with Crippen LogP contribution in [0.4, 0.5) is 0 Å². The van der Waals surface area contributed by atoms with E-state index in [2.05, 4.69) is 17.1 Å². The minimum Gasteiger partial charge on any atom is -0.494 e. The second-order valence-electron chi connectivity index (χ2n) is 7.16. The van der Waals surface area contributed by atoms with Gasteiger partial charge in [0.25, 0.3) is 11.8 Å². The molecule has 1 saturated heterocycles. The average molecular weight is 384 g/mol. The average Bonchev–Trinajstić information content (AvgIpc) is 3.22. The fourth-order valence-electron chi connectivity index (χ4n) is 3.53. The van der Waals surface area contributed by atoms with Crippen molar-refractivity contribution in [2.75, 3.05) is 13.2 Å². The first kappa shape index (κ1) is 19.9. The number of unbranched alkanes of at least 4 members (excludes halogenated alkanes) is 2. The number of nitrogens with one attached hydrogen (secondary N) is 1. The van der Waals surface area contributed by atoms with E-state index in [1.807, 2.05) is 29.2 Å². The van der Waals surface area contributed by atoms with Crippen molar-refractivity contribution < 1.29 is 14.3 Å². The van der Waals surface area contributed by atoms with Gasteiger partial charge in [-0.25, -0.2) is 0 Å². The first-order valence-electron chi connectivity index (χ1n) is 9.99. The highest BCUT2D eigenvalue weighted by Gasteiger charge is 2.30. The molecule has 150 valence electrons. The summed E-state index contributed by atoms with van der Waals surface area (Å²) in [6.45, 7) is 3.52. The van der Waals surface area contributed by atoms with Gasteiger partial charge in [0.15, 0.2) is 0 Å². The Kier molecular flexibility index (Phi) is 6.68. The number of aromatic amines is 1. The van der Waals surface area contributed by atoms with Gasteiger partial charge in [0.1, 0.15) is 11.4 Å². The van der Waals surface area contributed by atoms with Gasteiger partial charge < -0.3 is 15.4 Å². The van der Waals surface area contributed by atoms with Crippen LogP contribution in [0.25, 0.3) is 0 Å². The Morgan fingerprint density at radius 3 is 2.71 bits per heavy atom. The van der Waals surface area contributed by atoms with Gasteiger partial charge in [-0.05, 0) is 56.0 Å². The number of carbonyl (C=O) groups excluding carboxylic acids is 2. The van der Waals surface area contributed by atoms with E-state index in [0.29, 0.717) is 18.7 Å². The second kappa shape index (κ2) is 9.39. The van der Waals surface area contributed by atoms with Gasteiger partial charge in [-0.1, -0.05) is 19.8 Å². The second-order valence-corrected chi connectivity index (χ2v) is 7.16. The largest absolute Gasteiger partial charge is 0.494 e. The number of nitrogens with two attached hydrogens (primary N) is 1. The lowest BCUT2D eigenvalue weighted by atomic mass is 9.98. The van der Waals surface area contributed by atoms with Gasteiger partial charge in [0, 0.05) is 12.1 Å². The zero-order chi connectivity index (χ0) is 19.9. The standard InChI is InChI=1S/C21H28N4O3/c1-2-3-6-13-28-16-10-8-15(9-11-16)21(27)25-12-5-4-7-19(25)17-14-18(20(22)26)24-23-17/h8-11,14,19H,2-7,12-13H2,1H3,(H2,22,26)(H,23,24). The zero-order valence-corrected chi connectivity index (χ0v) is 16.3. The van der Waals surface area contributed by atoms with Gasteiger partial charge in [-0.2, -0.15) is 5.10 Å². The summed E-state index contributed by atoms with van der Waals surface area (Å²) in [5, 5.41) is 6.83. The van der Waals surface area contributed by atoms with Crippen LogP contribution < -0.4 is 10.5 Å². The Labute approximate surface area is 165 Å². The van der Waals surface area contributed by atoms with E-state index in [1.165, 1.54) is 0 Å². The number of benzene rings is 1. The molecule has 1 unspecified atom stereocenters. The van der Waals surface area contributed by atoms with Crippen LogP contribution in [-0.2, 0) is 0 Å². The summed E-state index contributed by atoms with van der Waals surface area (Å²) < 4.78 is 5.72. The normalized spacial score (nSPS) is 16.8. The topological polar surface area (TPSA) is 101 Å². The van der Waals surface area contributed by atoms with Crippen molar-refractivity contribution in [1.29, 1.82) is 0 Å². The van der Waals surface area contributed by atoms with Gasteiger partial charge in [0.05, 0.1) is 18.3 Å². The Balaban J connectivity index is 1.69. The summed E-state index contributed by atoms with van der Waals surface area (Å²) in [6.07, 6.45) is 6.14.